The van der Waals surface area contributed by atoms with E-state index in [0.717, 1.165) is 19.3 Å². The Bertz CT molecular complexity index is 76.8. The number of hydrogen-bond acceptors (Lipinski definition) is 1. The van der Waals surface area contributed by atoms with Gasteiger partial charge in [0.2, 0.25) is 0 Å². The van der Waals surface area contributed by atoms with Gasteiger partial charge in [-0.15, -0.1) is 0 Å². The van der Waals surface area contributed by atoms with Gasteiger partial charge in [0.25, 0.3) is 0 Å². The Kier molecular flexibility index (Phi) is 8.44. The molecule has 60 valence electrons. The molecule has 0 rings (SSSR count). The van der Waals surface area contributed by atoms with Crippen LogP contribution < -0.4 is 0 Å². The number of rotatable bonds is 6. The first-order valence-corrected chi connectivity index (χ1v) is 4.17. The van der Waals surface area contributed by atoms with E-state index in [-0.39, 0.29) is 0 Å². The topological polar surface area (TPSA) is 20.2 Å². The van der Waals surface area contributed by atoms with Gasteiger partial charge in [0.05, 0.1) is 0 Å². The summed E-state index contributed by atoms with van der Waals surface area (Å²) in [7, 11) is 0. The first-order valence-electron chi connectivity index (χ1n) is 4.17. The van der Waals surface area contributed by atoms with Crippen molar-refractivity contribution in [3.05, 3.63) is 12.2 Å². The second-order valence-electron chi connectivity index (χ2n) is 2.48. The summed E-state index contributed by atoms with van der Waals surface area (Å²) in [4.78, 5) is 0. The Labute approximate surface area is 63.8 Å². The van der Waals surface area contributed by atoms with Gasteiger partial charge in [-0.05, 0) is 25.7 Å². The molecule has 1 N–H and O–H groups in total. The van der Waals surface area contributed by atoms with Crippen molar-refractivity contribution in [3.63, 3.8) is 0 Å². The first-order chi connectivity index (χ1) is 4.91. The van der Waals surface area contributed by atoms with Crippen molar-refractivity contribution in [2.45, 2.75) is 39.0 Å². The van der Waals surface area contributed by atoms with Crippen molar-refractivity contribution in [2.24, 2.45) is 0 Å². The van der Waals surface area contributed by atoms with Crippen LogP contribution in [0.25, 0.3) is 0 Å². The molecule has 0 aromatic heterocycles. The summed E-state index contributed by atoms with van der Waals surface area (Å²) >= 11 is 0. The molecule has 0 heterocycles. The lowest BCUT2D eigenvalue weighted by Gasteiger charge is -1.90. The van der Waals surface area contributed by atoms with Crippen molar-refractivity contribution in [1.82, 2.24) is 0 Å². The summed E-state index contributed by atoms with van der Waals surface area (Å²) in [5, 5.41) is 8.44. The maximum absolute atomic E-state index is 8.44. The number of aliphatic hydroxyl groups excluding tert-OH is 1. The van der Waals surface area contributed by atoms with E-state index in [0.29, 0.717) is 6.61 Å². The molecule has 0 fully saturated rings. The molecule has 1 heteroatoms. The van der Waals surface area contributed by atoms with E-state index in [1.54, 1.807) is 0 Å². The summed E-state index contributed by atoms with van der Waals surface area (Å²) in [6.45, 7) is 2.51. The molecule has 0 spiro atoms. The average Bonchev–Trinajstić information content (AvgIpc) is 1.97. The zero-order chi connectivity index (χ0) is 7.66. The van der Waals surface area contributed by atoms with E-state index < -0.39 is 0 Å². The lowest BCUT2D eigenvalue weighted by Crippen LogP contribution is -1.80. The van der Waals surface area contributed by atoms with Crippen molar-refractivity contribution >= 4 is 0 Å². The number of allylic oxidation sites excluding steroid dienone is 2. The van der Waals surface area contributed by atoms with Gasteiger partial charge in [-0.3, -0.25) is 0 Å². The number of unbranched alkanes of at least 4 members (excludes halogenated alkanes) is 3. The van der Waals surface area contributed by atoms with Crippen molar-refractivity contribution in [3.8, 4) is 0 Å². The Morgan fingerprint density at radius 1 is 1.10 bits per heavy atom. The second-order valence-corrected chi connectivity index (χ2v) is 2.48. The first kappa shape index (κ1) is 9.70. The predicted octanol–water partition coefficient (Wildman–Crippen LogP) is 2.51. The van der Waals surface area contributed by atoms with Crippen molar-refractivity contribution in [1.29, 1.82) is 0 Å². The van der Waals surface area contributed by atoms with E-state index in [4.69, 9.17) is 5.11 Å². The van der Waals surface area contributed by atoms with Gasteiger partial charge < -0.3 is 5.11 Å². The van der Waals surface area contributed by atoms with Crippen LogP contribution in [-0.4, -0.2) is 11.7 Å². The van der Waals surface area contributed by atoms with Crippen LogP contribution in [0.2, 0.25) is 0 Å². The third-order valence-electron chi connectivity index (χ3n) is 1.40. The normalized spacial score (nSPS) is 11.0. The molecule has 0 aliphatic carbocycles. The molecule has 0 radical (unpaired) electrons. The highest BCUT2D eigenvalue weighted by Crippen LogP contribution is 1.97. The van der Waals surface area contributed by atoms with Crippen molar-refractivity contribution < 1.29 is 5.11 Å². The zero-order valence-corrected chi connectivity index (χ0v) is 6.84. The maximum Gasteiger partial charge on any atom is 0.0431 e. The van der Waals surface area contributed by atoms with E-state index in [9.17, 15) is 0 Å². The summed E-state index contributed by atoms with van der Waals surface area (Å²) in [6, 6.07) is 0. The smallest absolute Gasteiger partial charge is 0.0431 e. The SMILES string of the molecule is CCC/C=C/CCCCO. The van der Waals surface area contributed by atoms with Gasteiger partial charge in [0.1, 0.15) is 0 Å². The van der Waals surface area contributed by atoms with Gasteiger partial charge in [-0.25, -0.2) is 0 Å². The van der Waals surface area contributed by atoms with Gasteiger partial charge in [0, 0.05) is 6.61 Å². The van der Waals surface area contributed by atoms with Crippen molar-refractivity contribution in [2.75, 3.05) is 6.61 Å². The third-order valence-corrected chi connectivity index (χ3v) is 1.40. The molecule has 0 atom stereocenters. The predicted molar refractivity (Wildman–Crippen MR) is 45.0 cm³/mol. The molecule has 0 saturated carbocycles. The molecule has 0 amide bonds. The summed E-state index contributed by atoms with van der Waals surface area (Å²) in [6.07, 6.45) is 10.0. The van der Waals surface area contributed by atoms with E-state index in [1.807, 2.05) is 0 Å². The lowest BCUT2D eigenvalue weighted by atomic mass is 10.2. The van der Waals surface area contributed by atoms with E-state index >= 15 is 0 Å². The fraction of sp³-hybridized carbons (Fsp3) is 0.778. The molecular weight excluding hydrogens is 124 g/mol. The quantitative estimate of drug-likeness (QED) is 0.446. The molecule has 10 heavy (non-hydrogen) atoms. The summed E-state index contributed by atoms with van der Waals surface area (Å²) in [5.41, 5.74) is 0. The minimum atomic E-state index is 0.335. The molecule has 0 aliphatic heterocycles. The van der Waals surface area contributed by atoms with Gasteiger partial charge in [0.15, 0.2) is 0 Å². The van der Waals surface area contributed by atoms with Crippen LogP contribution in [0.1, 0.15) is 39.0 Å². The van der Waals surface area contributed by atoms with Crippen LogP contribution in [0.5, 0.6) is 0 Å². The average molecular weight is 142 g/mol. The van der Waals surface area contributed by atoms with Crippen LogP contribution in [0.4, 0.5) is 0 Å². The van der Waals surface area contributed by atoms with Crippen LogP contribution in [0.3, 0.4) is 0 Å². The van der Waals surface area contributed by atoms with Crippen LogP contribution in [0.15, 0.2) is 12.2 Å². The molecule has 0 aromatic carbocycles. The molecule has 0 aromatic rings. The standard InChI is InChI=1S/C9H18O/c1-2-3-4-5-6-7-8-9-10/h4-5,10H,2-3,6-9H2,1H3/b5-4+. The molecule has 0 unspecified atom stereocenters. The molecule has 0 saturated heterocycles. The number of hydrogen-bond donors (Lipinski definition) is 1. The molecular formula is C9H18O. The van der Waals surface area contributed by atoms with Gasteiger partial charge in [-0.2, -0.15) is 0 Å². The van der Waals surface area contributed by atoms with E-state index in [1.165, 1.54) is 12.8 Å². The second kappa shape index (κ2) is 8.70. The fourth-order valence-electron chi connectivity index (χ4n) is 0.776. The minimum absolute atomic E-state index is 0.335. The Hall–Kier alpha value is -0.300. The number of aliphatic hydroxyl groups is 1. The lowest BCUT2D eigenvalue weighted by molar-refractivity contribution is 0.285. The molecule has 1 nitrogen and oxygen atoms in total. The molecule has 0 aliphatic rings. The minimum Gasteiger partial charge on any atom is -0.396 e. The highest BCUT2D eigenvalue weighted by atomic mass is 16.2. The van der Waals surface area contributed by atoms with Crippen LogP contribution in [-0.2, 0) is 0 Å². The largest absolute Gasteiger partial charge is 0.396 e. The van der Waals surface area contributed by atoms with Gasteiger partial charge in [-0.1, -0.05) is 25.5 Å². The zero-order valence-electron chi connectivity index (χ0n) is 6.84. The fourth-order valence-corrected chi connectivity index (χ4v) is 0.776. The Morgan fingerprint density at radius 3 is 2.40 bits per heavy atom. The summed E-state index contributed by atoms with van der Waals surface area (Å²) in [5.74, 6) is 0. The highest BCUT2D eigenvalue weighted by molar-refractivity contribution is 4.80. The monoisotopic (exact) mass is 142 g/mol. The van der Waals surface area contributed by atoms with Gasteiger partial charge >= 0.3 is 0 Å². The van der Waals surface area contributed by atoms with Crippen LogP contribution >= 0.6 is 0 Å². The highest BCUT2D eigenvalue weighted by Gasteiger charge is 1.81. The Morgan fingerprint density at radius 2 is 1.80 bits per heavy atom. The summed E-state index contributed by atoms with van der Waals surface area (Å²) < 4.78 is 0. The van der Waals surface area contributed by atoms with Crippen LogP contribution in [0, 0.1) is 0 Å². The van der Waals surface area contributed by atoms with E-state index in [2.05, 4.69) is 19.1 Å². The molecule has 0 bridgehead atoms. The Balaban J connectivity index is 2.88. The third kappa shape index (κ3) is 7.70. The maximum atomic E-state index is 8.44.